The lowest BCUT2D eigenvalue weighted by atomic mass is 9.97. The fraction of sp³-hybridized carbons (Fsp3) is 0.200. The summed E-state index contributed by atoms with van der Waals surface area (Å²) < 4.78 is 45.7. The van der Waals surface area contributed by atoms with Gasteiger partial charge in [0, 0.05) is 5.01 Å². The van der Waals surface area contributed by atoms with E-state index in [9.17, 15) is 18.0 Å². The zero-order chi connectivity index (χ0) is 20.9. The lowest BCUT2D eigenvalue weighted by molar-refractivity contribution is -0.118. The Kier molecular flexibility index (Phi) is 4.57. The molecular formula is C20H15F3N4O2S+. The summed E-state index contributed by atoms with van der Waals surface area (Å²) in [7, 11) is 0. The Morgan fingerprint density at radius 1 is 1.13 bits per heavy atom. The number of hydrazine groups is 1. The first kappa shape index (κ1) is 19.2. The first-order valence-electron chi connectivity index (χ1n) is 9.10. The molecule has 0 aromatic heterocycles. The van der Waals surface area contributed by atoms with Gasteiger partial charge in [0.25, 0.3) is 5.91 Å². The van der Waals surface area contributed by atoms with Crippen LogP contribution in [0.4, 0.5) is 18.9 Å². The van der Waals surface area contributed by atoms with E-state index in [0.717, 1.165) is 22.3 Å². The highest BCUT2D eigenvalue weighted by molar-refractivity contribution is 8.14. The van der Waals surface area contributed by atoms with Crippen molar-refractivity contribution in [1.82, 2.24) is 10.4 Å². The molecule has 1 fully saturated rings. The number of allylic oxidation sites excluding steroid dienone is 1. The van der Waals surface area contributed by atoms with Gasteiger partial charge in [-0.25, -0.2) is 0 Å². The van der Waals surface area contributed by atoms with Gasteiger partial charge in [0.2, 0.25) is 0 Å². The molecule has 0 saturated carbocycles. The molecule has 153 valence electrons. The molecule has 6 nitrogen and oxygen atoms in total. The summed E-state index contributed by atoms with van der Waals surface area (Å²) in [6.45, 7) is -0.0453. The van der Waals surface area contributed by atoms with E-state index in [-0.39, 0.29) is 22.9 Å². The molecule has 1 radical (unpaired) electrons. The van der Waals surface area contributed by atoms with Crippen molar-refractivity contribution in [3.8, 4) is 5.75 Å². The molecule has 1 saturated heterocycles. The molecule has 0 bridgehead atoms. The molecule has 2 aromatic rings. The topological polar surface area (TPSA) is 68.6 Å². The first-order chi connectivity index (χ1) is 14.4. The van der Waals surface area contributed by atoms with Crippen molar-refractivity contribution in [3.63, 3.8) is 0 Å². The summed E-state index contributed by atoms with van der Waals surface area (Å²) in [5.41, 5.74) is 4.35. The number of amides is 1. The van der Waals surface area contributed by atoms with E-state index >= 15 is 0 Å². The number of benzene rings is 2. The number of ether oxygens (including phenoxy) is 1. The van der Waals surface area contributed by atoms with Gasteiger partial charge < -0.3 is 10.1 Å². The molecule has 30 heavy (non-hydrogen) atoms. The molecule has 3 aliphatic heterocycles. The third-order valence-corrected chi connectivity index (χ3v) is 6.24. The van der Waals surface area contributed by atoms with Crippen LogP contribution in [0.25, 0.3) is 0 Å². The van der Waals surface area contributed by atoms with Gasteiger partial charge in [-0.2, -0.15) is 18.2 Å². The molecule has 2 atom stereocenters. The maximum atomic E-state index is 13.4. The van der Waals surface area contributed by atoms with Crippen molar-refractivity contribution < 1.29 is 22.7 Å². The normalized spacial score (nSPS) is 23.6. The third kappa shape index (κ3) is 3.36. The minimum Gasteiger partial charge on any atom is -0.482 e. The molecule has 3 aliphatic rings. The summed E-state index contributed by atoms with van der Waals surface area (Å²) in [5.74, 6) is 0.309. The fourth-order valence-electron chi connectivity index (χ4n) is 3.58. The van der Waals surface area contributed by atoms with Crippen molar-refractivity contribution in [2.24, 2.45) is 4.99 Å². The quantitative estimate of drug-likeness (QED) is 0.705. The van der Waals surface area contributed by atoms with E-state index in [2.05, 4.69) is 15.7 Å². The summed E-state index contributed by atoms with van der Waals surface area (Å²) in [6, 6.07) is 14.2. The Hall–Kier alpha value is -2.82. The summed E-state index contributed by atoms with van der Waals surface area (Å²) >= 11 is 1.24. The second-order valence-electron chi connectivity index (χ2n) is 6.91. The smallest absolute Gasteiger partial charge is 0.476 e. The Balaban J connectivity index is 1.53. The molecule has 2 unspecified atom stereocenters. The molecule has 1 amide bonds. The molecule has 0 aliphatic carbocycles. The predicted molar refractivity (Wildman–Crippen MR) is 107 cm³/mol. The van der Waals surface area contributed by atoms with Crippen LogP contribution in [-0.4, -0.2) is 23.9 Å². The van der Waals surface area contributed by atoms with Crippen LogP contribution in [0, 0.1) is 0 Å². The highest BCUT2D eigenvalue weighted by Gasteiger charge is 2.57. The van der Waals surface area contributed by atoms with Crippen LogP contribution >= 0.6 is 11.8 Å². The minimum atomic E-state index is -4.53. The summed E-state index contributed by atoms with van der Waals surface area (Å²) in [5, 5.41) is 3.71. The lowest BCUT2D eigenvalue weighted by Gasteiger charge is -2.32. The van der Waals surface area contributed by atoms with Gasteiger partial charge >= 0.3 is 17.0 Å². The van der Waals surface area contributed by atoms with E-state index in [1.165, 1.54) is 11.8 Å². The largest absolute Gasteiger partial charge is 0.482 e. The maximum absolute atomic E-state index is 13.4. The Bertz CT molecular complexity index is 1070. The van der Waals surface area contributed by atoms with Gasteiger partial charge in [0.1, 0.15) is 18.0 Å². The van der Waals surface area contributed by atoms with Crippen LogP contribution < -0.4 is 20.5 Å². The first-order valence-corrected chi connectivity index (χ1v) is 9.98. The number of rotatable bonds is 2. The van der Waals surface area contributed by atoms with Crippen LogP contribution in [0.5, 0.6) is 5.75 Å². The second-order valence-corrected chi connectivity index (χ2v) is 8.02. The van der Waals surface area contributed by atoms with E-state index < -0.39 is 17.9 Å². The maximum Gasteiger partial charge on any atom is 0.476 e. The highest BCUT2D eigenvalue weighted by Crippen LogP contribution is 2.48. The van der Waals surface area contributed by atoms with Crippen molar-refractivity contribution >= 4 is 28.5 Å². The SMILES string of the molecule is O=C1COc2ccc(C3SC4=NC=C(C(F)(F)F)[N+]4NC3c3ccccc3)cc2N1. The van der Waals surface area contributed by atoms with Crippen molar-refractivity contribution in [3.05, 3.63) is 71.6 Å². The van der Waals surface area contributed by atoms with Gasteiger partial charge in [-0.1, -0.05) is 41.8 Å². The molecule has 3 heterocycles. The van der Waals surface area contributed by atoms with E-state index in [1.54, 1.807) is 12.1 Å². The van der Waals surface area contributed by atoms with Crippen molar-refractivity contribution in [2.75, 3.05) is 11.9 Å². The summed E-state index contributed by atoms with van der Waals surface area (Å²) in [4.78, 5) is 15.7. The number of carbonyl (C=O) groups excluding carboxylic acids is 1. The molecular weight excluding hydrogens is 417 g/mol. The number of hydrogen-bond acceptors (Lipinski definition) is 6. The number of nitrogens with zero attached hydrogens (tertiary/aromatic N) is 2. The van der Waals surface area contributed by atoms with Crippen LogP contribution in [-0.2, 0) is 4.79 Å². The van der Waals surface area contributed by atoms with E-state index in [0.29, 0.717) is 11.4 Å². The average Bonchev–Trinajstić information content (AvgIpc) is 3.16. The predicted octanol–water partition coefficient (Wildman–Crippen LogP) is 3.96. The second kappa shape index (κ2) is 7.15. The van der Waals surface area contributed by atoms with Crippen molar-refractivity contribution in [2.45, 2.75) is 17.5 Å². The number of thioether (sulfide) groups is 1. The Morgan fingerprint density at radius 2 is 1.93 bits per heavy atom. The lowest BCUT2D eigenvalue weighted by Crippen LogP contribution is -2.53. The average molecular weight is 432 g/mol. The van der Waals surface area contributed by atoms with Crippen LogP contribution in [0.2, 0.25) is 0 Å². The van der Waals surface area contributed by atoms with Crippen LogP contribution in [0.3, 0.4) is 0 Å². The minimum absolute atomic E-state index is 0.0453. The number of alkyl halides is 3. The number of fused-ring (bicyclic) bond motifs is 2. The molecule has 0 spiro atoms. The monoisotopic (exact) mass is 432 g/mol. The number of carbonyl (C=O) groups is 1. The Morgan fingerprint density at radius 3 is 2.70 bits per heavy atom. The van der Waals surface area contributed by atoms with Gasteiger partial charge in [0.15, 0.2) is 6.61 Å². The van der Waals surface area contributed by atoms with Gasteiger partial charge in [-0.05, 0) is 35.0 Å². The van der Waals surface area contributed by atoms with Gasteiger partial charge in [0.05, 0.1) is 10.9 Å². The van der Waals surface area contributed by atoms with E-state index in [4.69, 9.17) is 4.74 Å². The standard InChI is InChI=1S/C20H15F3N4O2S/c21-20(22,23)15-9-24-19-27(15)26-17(11-4-2-1-3-5-11)18(30-19)12-6-7-14-13(8-12)25-16(28)10-29-14/h1-9,17-18,26H,10H2,(H,25,28)/q+1. The molecule has 10 heteroatoms. The highest BCUT2D eigenvalue weighted by atomic mass is 32.2. The third-order valence-electron chi connectivity index (χ3n) is 4.95. The Labute approximate surface area is 173 Å². The fourth-order valence-corrected chi connectivity index (χ4v) is 4.81. The van der Waals surface area contributed by atoms with E-state index in [1.807, 2.05) is 36.4 Å². The van der Waals surface area contributed by atoms with Gasteiger partial charge in [-0.15, -0.1) is 0 Å². The number of aliphatic imine (C=N–C) groups is 1. The number of nitrogens with one attached hydrogen (secondary N) is 2. The zero-order valence-corrected chi connectivity index (χ0v) is 16.1. The zero-order valence-electron chi connectivity index (χ0n) is 15.3. The van der Waals surface area contributed by atoms with Crippen molar-refractivity contribution in [1.29, 1.82) is 0 Å². The van der Waals surface area contributed by atoms with Crippen LogP contribution in [0.1, 0.15) is 22.4 Å². The number of amidine groups is 1. The number of anilines is 1. The number of hydrogen-bond donors (Lipinski definition) is 2. The van der Waals surface area contributed by atoms with Crippen LogP contribution in [0.15, 0.2) is 65.4 Å². The van der Waals surface area contributed by atoms with Gasteiger partial charge in [-0.3, -0.25) is 4.79 Å². The molecule has 2 N–H and O–H groups in total. The molecule has 2 aromatic carbocycles. The summed E-state index contributed by atoms with van der Waals surface area (Å²) in [6.07, 6.45) is -3.69. The molecule has 5 rings (SSSR count). The number of halogens is 3.